The number of aromatic nitrogens is 1. The van der Waals surface area contributed by atoms with E-state index in [1.54, 1.807) is 6.07 Å². The van der Waals surface area contributed by atoms with Crippen LogP contribution in [-0.4, -0.2) is 36.2 Å². The Morgan fingerprint density at radius 1 is 1.56 bits per heavy atom. The van der Waals surface area contributed by atoms with Gasteiger partial charge in [-0.15, -0.1) is 0 Å². The summed E-state index contributed by atoms with van der Waals surface area (Å²) in [6, 6.07) is 3.12. The summed E-state index contributed by atoms with van der Waals surface area (Å²) in [5.41, 5.74) is 2.87. The summed E-state index contributed by atoms with van der Waals surface area (Å²) >= 11 is 0. The number of rotatable bonds is 6. The Hall–Kier alpha value is -1.47. The monoisotopic (exact) mass is 232 g/mol. The van der Waals surface area contributed by atoms with Crippen LogP contribution < -0.4 is 16.2 Å². The number of hydrogen-bond acceptors (Lipinski definition) is 5. The molecule has 0 aliphatic carbocycles. The van der Waals surface area contributed by atoms with E-state index in [9.17, 15) is 8.78 Å². The number of alkyl halides is 2. The van der Waals surface area contributed by atoms with Crippen LogP contribution in [0.3, 0.4) is 0 Å². The van der Waals surface area contributed by atoms with Crippen molar-refractivity contribution in [1.82, 2.24) is 4.98 Å². The third-order valence-corrected chi connectivity index (χ3v) is 1.98. The fourth-order valence-electron chi connectivity index (χ4n) is 1.31. The first-order valence-corrected chi connectivity index (χ1v) is 4.74. The van der Waals surface area contributed by atoms with Crippen LogP contribution in [-0.2, 0) is 0 Å². The van der Waals surface area contributed by atoms with Gasteiger partial charge in [-0.1, -0.05) is 0 Å². The van der Waals surface area contributed by atoms with E-state index in [1.807, 2.05) is 0 Å². The molecule has 0 saturated carbocycles. The van der Waals surface area contributed by atoms with Crippen molar-refractivity contribution in [2.75, 3.05) is 30.0 Å². The van der Waals surface area contributed by atoms with Crippen molar-refractivity contribution in [3.8, 4) is 0 Å². The second-order valence-corrected chi connectivity index (χ2v) is 3.10. The van der Waals surface area contributed by atoms with Gasteiger partial charge in [-0.05, 0) is 6.07 Å². The molecule has 0 amide bonds. The fourth-order valence-corrected chi connectivity index (χ4v) is 1.31. The Kier molecular flexibility index (Phi) is 4.87. The molecule has 16 heavy (non-hydrogen) atoms. The molecular formula is C9H14F2N4O. The minimum absolute atomic E-state index is 0.137. The molecule has 0 aliphatic rings. The second kappa shape index (κ2) is 6.19. The second-order valence-electron chi connectivity index (χ2n) is 3.10. The summed E-state index contributed by atoms with van der Waals surface area (Å²) in [6.07, 6.45) is -1.01. The van der Waals surface area contributed by atoms with Crippen molar-refractivity contribution in [2.24, 2.45) is 5.84 Å². The van der Waals surface area contributed by atoms with Crippen LogP contribution in [0.5, 0.6) is 0 Å². The Balaban J connectivity index is 2.82. The zero-order chi connectivity index (χ0) is 12.0. The molecule has 0 unspecified atom stereocenters. The molecule has 1 aromatic rings. The fraction of sp³-hybridized carbons (Fsp3) is 0.444. The lowest BCUT2D eigenvalue weighted by atomic mass is 10.3. The Labute approximate surface area is 91.9 Å². The average Bonchev–Trinajstić information content (AvgIpc) is 2.28. The highest BCUT2D eigenvalue weighted by atomic mass is 19.3. The van der Waals surface area contributed by atoms with Gasteiger partial charge in [0.25, 0.3) is 6.43 Å². The molecule has 7 heteroatoms. The first kappa shape index (κ1) is 12.6. The molecule has 0 saturated heterocycles. The van der Waals surface area contributed by atoms with Gasteiger partial charge in [-0.3, -0.25) is 0 Å². The van der Waals surface area contributed by atoms with Gasteiger partial charge in [0.05, 0.1) is 13.2 Å². The van der Waals surface area contributed by atoms with Crippen molar-refractivity contribution in [1.29, 1.82) is 0 Å². The molecule has 1 rings (SSSR count). The van der Waals surface area contributed by atoms with Gasteiger partial charge in [0, 0.05) is 24.5 Å². The Morgan fingerprint density at radius 2 is 2.31 bits per heavy atom. The third-order valence-electron chi connectivity index (χ3n) is 1.98. The number of pyridine rings is 1. The minimum atomic E-state index is -2.46. The molecule has 0 fully saturated rings. The summed E-state index contributed by atoms with van der Waals surface area (Å²) in [5.74, 6) is 5.55. The summed E-state index contributed by atoms with van der Waals surface area (Å²) < 4.78 is 24.6. The maximum atomic E-state index is 12.3. The van der Waals surface area contributed by atoms with Crippen LogP contribution in [0.25, 0.3) is 0 Å². The highest BCUT2D eigenvalue weighted by Gasteiger charge is 2.12. The number of nitrogen functional groups attached to an aromatic ring is 1. The van der Waals surface area contributed by atoms with Crippen molar-refractivity contribution in [3.63, 3.8) is 0 Å². The van der Waals surface area contributed by atoms with Gasteiger partial charge >= 0.3 is 0 Å². The van der Waals surface area contributed by atoms with Crippen LogP contribution in [0.2, 0.25) is 0 Å². The van der Waals surface area contributed by atoms with E-state index in [2.05, 4.69) is 10.4 Å². The molecular weight excluding hydrogens is 218 g/mol. The quantitative estimate of drug-likeness (QED) is 0.490. The van der Waals surface area contributed by atoms with E-state index in [4.69, 9.17) is 10.9 Å². The van der Waals surface area contributed by atoms with Crippen molar-refractivity contribution in [3.05, 3.63) is 18.3 Å². The number of halogens is 2. The summed E-state index contributed by atoms with van der Waals surface area (Å²) in [6.45, 7) is -0.493. The van der Waals surface area contributed by atoms with Gasteiger partial charge in [0.2, 0.25) is 0 Å². The number of hydrazine groups is 1. The van der Waals surface area contributed by atoms with Crippen molar-refractivity contribution < 1.29 is 13.9 Å². The highest BCUT2D eigenvalue weighted by Crippen LogP contribution is 2.17. The minimum Gasteiger partial charge on any atom is -0.395 e. The predicted molar refractivity (Wildman–Crippen MR) is 57.3 cm³/mol. The molecule has 5 nitrogen and oxygen atoms in total. The lowest BCUT2D eigenvalue weighted by molar-refractivity contribution is 0.153. The van der Waals surface area contributed by atoms with E-state index in [1.165, 1.54) is 17.2 Å². The predicted octanol–water partition coefficient (Wildman–Crippen LogP) is 0.431. The number of nitrogens with one attached hydrogen (secondary N) is 1. The molecule has 1 aromatic heterocycles. The topological polar surface area (TPSA) is 74.4 Å². The Bertz CT molecular complexity index is 324. The van der Waals surface area contributed by atoms with Gasteiger partial charge < -0.3 is 15.4 Å². The summed E-state index contributed by atoms with van der Waals surface area (Å²) in [5, 5.41) is 8.79. The molecule has 0 spiro atoms. The highest BCUT2D eigenvalue weighted by molar-refractivity contribution is 5.53. The lowest BCUT2D eigenvalue weighted by Crippen LogP contribution is -2.31. The SMILES string of the molecule is NNc1cc(N(CCO)CC(F)F)ccn1. The molecule has 0 atom stereocenters. The van der Waals surface area contributed by atoms with E-state index < -0.39 is 13.0 Å². The maximum Gasteiger partial charge on any atom is 0.255 e. The molecule has 4 N–H and O–H groups in total. The van der Waals surface area contributed by atoms with Gasteiger partial charge in [0.15, 0.2) is 0 Å². The molecule has 0 aliphatic heterocycles. The van der Waals surface area contributed by atoms with Gasteiger partial charge in [-0.25, -0.2) is 19.6 Å². The number of nitrogens with two attached hydrogens (primary N) is 1. The number of aliphatic hydroxyl groups excluding tert-OH is 1. The van der Waals surface area contributed by atoms with Crippen LogP contribution in [0, 0.1) is 0 Å². The normalized spacial score (nSPS) is 10.6. The van der Waals surface area contributed by atoms with E-state index in [0.717, 1.165) is 0 Å². The first-order valence-electron chi connectivity index (χ1n) is 4.74. The van der Waals surface area contributed by atoms with Crippen LogP contribution >= 0.6 is 0 Å². The summed E-state index contributed by atoms with van der Waals surface area (Å²) in [7, 11) is 0. The molecule has 90 valence electrons. The lowest BCUT2D eigenvalue weighted by Gasteiger charge is -2.23. The number of anilines is 2. The first-order chi connectivity index (χ1) is 7.67. The molecule has 0 radical (unpaired) electrons. The average molecular weight is 232 g/mol. The van der Waals surface area contributed by atoms with Crippen LogP contribution in [0.4, 0.5) is 20.3 Å². The number of nitrogens with zero attached hydrogens (tertiary/aromatic N) is 2. The number of aliphatic hydroxyl groups is 1. The Morgan fingerprint density at radius 3 is 2.88 bits per heavy atom. The summed E-state index contributed by atoms with van der Waals surface area (Å²) in [4.78, 5) is 5.24. The van der Waals surface area contributed by atoms with E-state index >= 15 is 0 Å². The van der Waals surface area contributed by atoms with E-state index in [-0.39, 0.29) is 13.2 Å². The van der Waals surface area contributed by atoms with Crippen LogP contribution in [0.15, 0.2) is 18.3 Å². The zero-order valence-electron chi connectivity index (χ0n) is 8.61. The van der Waals surface area contributed by atoms with Gasteiger partial charge in [0.1, 0.15) is 5.82 Å². The largest absolute Gasteiger partial charge is 0.395 e. The molecule has 1 heterocycles. The van der Waals surface area contributed by atoms with Crippen molar-refractivity contribution in [2.45, 2.75) is 6.43 Å². The third kappa shape index (κ3) is 3.59. The smallest absolute Gasteiger partial charge is 0.255 e. The molecule has 0 bridgehead atoms. The maximum absolute atomic E-state index is 12.3. The van der Waals surface area contributed by atoms with Crippen LogP contribution in [0.1, 0.15) is 0 Å². The molecule has 0 aromatic carbocycles. The number of hydrogen-bond donors (Lipinski definition) is 3. The van der Waals surface area contributed by atoms with Gasteiger partial charge in [-0.2, -0.15) is 0 Å². The van der Waals surface area contributed by atoms with E-state index in [0.29, 0.717) is 11.5 Å². The standard InChI is InChI=1S/C9H14F2N4O/c10-8(11)6-15(3-4-16)7-1-2-13-9(5-7)14-12/h1-2,5,8,16H,3-4,6,12H2,(H,13,14). The zero-order valence-corrected chi connectivity index (χ0v) is 8.61. The van der Waals surface area contributed by atoms with Crippen molar-refractivity contribution >= 4 is 11.5 Å².